The SMILES string of the molecule is CCCCn1c(S[C@@H](C)C(=O)c2ccc(NC(C)=O)cc2)n[nH]c1=O. The summed E-state index contributed by atoms with van der Waals surface area (Å²) in [6.45, 7) is 5.85. The molecule has 0 fully saturated rings. The highest BCUT2D eigenvalue weighted by Gasteiger charge is 2.20. The third-order valence-electron chi connectivity index (χ3n) is 3.60. The molecule has 1 aromatic heterocycles. The molecule has 25 heavy (non-hydrogen) atoms. The highest BCUT2D eigenvalue weighted by Crippen LogP contribution is 2.24. The largest absolute Gasteiger partial charge is 0.343 e. The molecule has 0 aliphatic heterocycles. The Balaban J connectivity index is 2.08. The predicted molar refractivity (Wildman–Crippen MR) is 98.2 cm³/mol. The van der Waals surface area contributed by atoms with E-state index in [2.05, 4.69) is 22.4 Å². The van der Waals surface area contributed by atoms with E-state index in [1.807, 2.05) is 0 Å². The molecule has 1 amide bonds. The zero-order valence-electron chi connectivity index (χ0n) is 14.5. The van der Waals surface area contributed by atoms with Crippen molar-refractivity contribution >= 4 is 29.1 Å². The van der Waals surface area contributed by atoms with Crippen LogP contribution in [0.25, 0.3) is 0 Å². The maximum Gasteiger partial charge on any atom is 0.343 e. The van der Waals surface area contributed by atoms with E-state index in [9.17, 15) is 14.4 Å². The lowest BCUT2D eigenvalue weighted by atomic mass is 10.1. The molecule has 134 valence electrons. The molecule has 2 rings (SSSR count). The van der Waals surface area contributed by atoms with Crippen LogP contribution in [0.15, 0.2) is 34.2 Å². The number of nitrogens with one attached hydrogen (secondary N) is 2. The summed E-state index contributed by atoms with van der Waals surface area (Å²) in [6.07, 6.45) is 1.84. The molecular weight excluding hydrogens is 340 g/mol. The van der Waals surface area contributed by atoms with E-state index in [0.717, 1.165) is 12.8 Å². The van der Waals surface area contributed by atoms with Crippen LogP contribution in [0.1, 0.15) is 44.0 Å². The third kappa shape index (κ3) is 5.06. The molecule has 0 unspecified atom stereocenters. The number of thioether (sulfide) groups is 1. The van der Waals surface area contributed by atoms with Gasteiger partial charge in [0.25, 0.3) is 0 Å². The second-order valence-electron chi connectivity index (χ2n) is 5.70. The molecule has 1 atom stereocenters. The number of unbranched alkanes of at least 4 members (excludes halogenated alkanes) is 1. The lowest BCUT2D eigenvalue weighted by Crippen LogP contribution is -2.19. The Kier molecular flexibility index (Phi) is 6.58. The number of hydrogen-bond donors (Lipinski definition) is 2. The first kappa shape index (κ1) is 19.0. The van der Waals surface area contributed by atoms with Crippen LogP contribution in [0.5, 0.6) is 0 Å². The van der Waals surface area contributed by atoms with Crippen LogP contribution in [-0.4, -0.2) is 31.7 Å². The van der Waals surface area contributed by atoms with E-state index >= 15 is 0 Å². The number of aromatic nitrogens is 3. The van der Waals surface area contributed by atoms with E-state index in [-0.39, 0.29) is 22.6 Å². The van der Waals surface area contributed by atoms with Gasteiger partial charge in [-0.05, 0) is 37.6 Å². The molecule has 0 bridgehead atoms. The first-order valence-corrected chi connectivity index (χ1v) is 9.04. The van der Waals surface area contributed by atoms with E-state index in [4.69, 9.17) is 0 Å². The molecule has 7 nitrogen and oxygen atoms in total. The number of carbonyl (C=O) groups excluding carboxylic acids is 2. The predicted octanol–water partition coefficient (Wildman–Crippen LogP) is 2.69. The van der Waals surface area contributed by atoms with Gasteiger partial charge in [0.1, 0.15) is 0 Å². The molecule has 0 radical (unpaired) electrons. The second-order valence-corrected chi connectivity index (χ2v) is 7.01. The summed E-state index contributed by atoms with van der Waals surface area (Å²) < 4.78 is 1.57. The van der Waals surface area contributed by atoms with Crippen molar-refractivity contribution in [2.45, 2.75) is 50.6 Å². The number of ketones is 1. The van der Waals surface area contributed by atoms with Crippen molar-refractivity contribution in [1.29, 1.82) is 0 Å². The van der Waals surface area contributed by atoms with Gasteiger partial charge in [0.05, 0.1) is 5.25 Å². The normalized spacial score (nSPS) is 12.0. The lowest BCUT2D eigenvalue weighted by molar-refractivity contribution is -0.114. The number of hydrogen-bond acceptors (Lipinski definition) is 5. The molecule has 0 aliphatic rings. The number of rotatable bonds is 8. The number of carbonyl (C=O) groups is 2. The van der Waals surface area contributed by atoms with Gasteiger partial charge < -0.3 is 5.32 Å². The Morgan fingerprint density at radius 1 is 1.32 bits per heavy atom. The number of amides is 1. The summed E-state index contributed by atoms with van der Waals surface area (Å²) in [4.78, 5) is 35.4. The van der Waals surface area contributed by atoms with Crippen LogP contribution in [0.4, 0.5) is 5.69 Å². The number of benzene rings is 1. The van der Waals surface area contributed by atoms with E-state index in [1.165, 1.54) is 18.7 Å². The Bertz CT molecular complexity index is 795. The highest BCUT2D eigenvalue weighted by atomic mass is 32.2. The molecule has 1 aromatic carbocycles. The highest BCUT2D eigenvalue weighted by molar-refractivity contribution is 8.00. The van der Waals surface area contributed by atoms with Crippen LogP contribution in [0.3, 0.4) is 0 Å². The summed E-state index contributed by atoms with van der Waals surface area (Å²) in [6, 6.07) is 6.74. The van der Waals surface area contributed by atoms with Crippen molar-refractivity contribution in [3.63, 3.8) is 0 Å². The number of H-pyrrole nitrogens is 1. The Labute approximate surface area is 150 Å². The lowest BCUT2D eigenvalue weighted by Gasteiger charge is -2.11. The van der Waals surface area contributed by atoms with Crippen molar-refractivity contribution in [3.8, 4) is 0 Å². The fraction of sp³-hybridized carbons (Fsp3) is 0.412. The first-order valence-electron chi connectivity index (χ1n) is 8.16. The quantitative estimate of drug-likeness (QED) is 0.556. The van der Waals surface area contributed by atoms with Gasteiger partial charge in [-0.2, -0.15) is 0 Å². The Morgan fingerprint density at radius 3 is 2.60 bits per heavy atom. The minimum Gasteiger partial charge on any atom is -0.326 e. The van der Waals surface area contributed by atoms with Crippen molar-refractivity contribution in [2.24, 2.45) is 0 Å². The number of anilines is 1. The molecular formula is C17H22N4O3S. The average Bonchev–Trinajstić information content (AvgIpc) is 2.92. The van der Waals surface area contributed by atoms with Crippen molar-refractivity contribution < 1.29 is 9.59 Å². The topological polar surface area (TPSA) is 96.8 Å². The number of aromatic amines is 1. The van der Waals surface area contributed by atoms with Crippen molar-refractivity contribution in [2.75, 3.05) is 5.32 Å². The summed E-state index contributed by atoms with van der Waals surface area (Å²) in [5.74, 6) is -0.219. The Morgan fingerprint density at radius 2 is 2.00 bits per heavy atom. The molecule has 0 spiro atoms. The maximum absolute atomic E-state index is 12.6. The average molecular weight is 362 g/mol. The monoisotopic (exact) mass is 362 g/mol. The summed E-state index contributed by atoms with van der Waals surface area (Å²) in [7, 11) is 0. The van der Waals surface area contributed by atoms with Crippen LogP contribution in [0.2, 0.25) is 0 Å². The fourth-order valence-corrected chi connectivity index (χ4v) is 3.23. The van der Waals surface area contributed by atoms with Gasteiger partial charge in [-0.1, -0.05) is 25.1 Å². The third-order valence-corrected chi connectivity index (χ3v) is 4.69. The minimum atomic E-state index is -0.387. The smallest absolute Gasteiger partial charge is 0.326 e. The van der Waals surface area contributed by atoms with Gasteiger partial charge in [-0.15, -0.1) is 5.10 Å². The fourth-order valence-electron chi connectivity index (χ4n) is 2.27. The zero-order valence-corrected chi connectivity index (χ0v) is 15.4. The van der Waals surface area contributed by atoms with Gasteiger partial charge in [0, 0.05) is 24.7 Å². The van der Waals surface area contributed by atoms with Crippen LogP contribution in [0, 0.1) is 0 Å². The molecule has 1 heterocycles. The summed E-state index contributed by atoms with van der Waals surface area (Å²) >= 11 is 1.26. The van der Waals surface area contributed by atoms with Gasteiger partial charge in [-0.3, -0.25) is 14.2 Å². The molecule has 0 aliphatic carbocycles. The van der Waals surface area contributed by atoms with Crippen LogP contribution < -0.4 is 11.0 Å². The van der Waals surface area contributed by atoms with Gasteiger partial charge in [-0.25, -0.2) is 9.89 Å². The van der Waals surface area contributed by atoms with Crippen molar-refractivity contribution in [1.82, 2.24) is 14.8 Å². The molecule has 0 saturated heterocycles. The zero-order chi connectivity index (χ0) is 18.4. The number of nitrogens with zero attached hydrogens (tertiary/aromatic N) is 2. The maximum atomic E-state index is 12.6. The van der Waals surface area contributed by atoms with Gasteiger partial charge in [0.2, 0.25) is 5.91 Å². The van der Waals surface area contributed by atoms with Crippen LogP contribution in [-0.2, 0) is 11.3 Å². The van der Waals surface area contributed by atoms with Crippen molar-refractivity contribution in [3.05, 3.63) is 40.3 Å². The molecule has 2 aromatic rings. The number of Topliss-reactive ketones (excluding diaryl/α,β-unsaturated/α-hetero) is 1. The second kappa shape index (κ2) is 8.66. The van der Waals surface area contributed by atoms with E-state index in [0.29, 0.717) is 23.0 Å². The summed E-state index contributed by atoms with van der Waals surface area (Å²) in [5, 5.41) is 9.26. The summed E-state index contributed by atoms with van der Waals surface area (Å²) in [5.41, 5.74) is 0.937. The minimum absolute atomic E-state index is 0.0585. The molecule has 2 N–H and O–H groups in total. The first-order chi connectivity index (χ1) is 11.9. The molecule has 0 saturated carbocycles. The van der Waals surface area contributed by atoms with Gasteiger partial charge >= 0.3 is 5.69 Å². The standard InChI is InChI=1S/C17H22N4O3S/c1-4-5-10-21-16(24)19-20-17(21)25-11(2)15(23)13-6-8-14(9-7-13)18-12(3)22/h6-9,11H,4-5,10H2,1-3H3,(H,18,22)(H,19,24)/t11-/m0/s1. The molecule has 8 heteroatoms. The Hall–Kier alpha value is -2.35. The van der Waals surface area contributed by atoms with Crippen LogP contribution >= 0.6 is 11.8 Å². The van der Waals surface area contributed by atoms with Gasteiger partial charge in [0.15, 0.2) is 10.9 Å². The van der Waals surface area contributed by atoms with E-state index in [1.54, 1.807) is 35.8 Å². The van der Waals surface area contributed by atoms with E-state index < -0.39 is 0 Å².